The zero-order chi connectivity index (χ0) is 13.0. The summed E-state index contributed by atoms with van der Waals surface area (Å²) in [6.45, 7) is 1.21. The summed E-state index contributed by atoms with van der Waals surface area (Å²) < 4.78 is 0. The molecule has 0 aliphatic carbocycles. The average molecular weight is 282 g/mol. The van der Waals surface area contributed by atoms with Crippen molar-refractivity contribution in [3.63, 3.8) is 0 Å². The maximum atomic E-state index is 6.02. The van der Waals surface area contributed by atoms with Crippen LogP contribution >= 0.6 is 23.2 Å². The van der Waals surface area contributed by atoms with Crippen LogP contribution in [0.3, 0.4) is 0 Å². The van der Waals surface area contributed by atoms with E-state index in [1.807, 2.05) is 24.3 Å². The van der Waals surface area contributed by atoms with E-state index in [2.05, 4.69) is 10.3 Å². The van der Waals surface area contributed by atoms with Crippen molar-refractivity contribution >= 4 is 29.0 Å². The summed E-state index contributed by atoms with van der Waals surface area (Å²) in [7, 11) is 0. The summed E-state index contributed by atoms with van der Waals surface area (Å²) >= 11 is 11.8. The molecule has 1 aromatic heterocycles. The van der Waals surface area contributed by atoms with Crippen molar-refractivity contribution in [2.75, 3.05) is 5.32 Å². The number of nitrogens with two attached hydrogens (primary N) is 1. The smallest absolute Gasteiger partial charge is 0.145 e. The number of pyridine rings is 1. The van der Waals surface area contributed by atoms with Gasteiger partial charge in [0, 0.05) is 19.3 Å². The Morgan fingerprint density at radius 2 is 1.78 bits per heavy atom. The maximum absolute atomic E-state index is 6.02. The minimum absolute atomic E-state index is 0.515. The van der Waals surface area contributed by atoms with E-state index in [-0.39, 0.29) is 0 Å². The molecule has 0 spiro atoms. The lowest BCUT2D eigenvalue weighted by Crippen LogP contribution is -2.02. The first-order chi connectivity index (χ1) is 8.69. The van der Waals surface area contributed by atoms with E-state index in [9.17, 15) is 0 Å². The van der Waals surface area contributed by atoms with Gasteiger partial charge in [0.1, 0.15) is 5.82 Å². The van der Waals surface area contributed by atoms with Crippen LogP contribution in [0.15, 0.2) is 36.5 Å². The third kappa shape index (κ3) is 3.35. The van der Waals surface area contributed by atoms with Crippen LogP contribution in [0.2, 0.25) is 10.0 Å². The van der Waals surface area contributed by atoms with Crippen molar-refractivity contribution in [3.8, 4) is 0 Å². The molecule has 0 aliphatic rings. The number of benzene rings is 1. The van der Waals surface area contributed by atoms with E-state index in [1.165, 1.54) is 0 Å². The second kappa shape index (κ2) is 6.05. The predicted molar refractivity (Wildman–Crippen MR) is 75.9 cm³/mol. The van der Waals surface area contributed by atoms with Gasteiger partial charge in [-0.05, 0) is 17.2 Å². The molecule has 0 saturated heterocycles. The highest BCUT2D eigenvalue weighted by molar-refractivity contribution is 6.35. The fourth-order valence-corrected chi connectivity index (χ4v) is 1.97. The molecule has 0 aliphatic heterocycles. The van der Waals surface area contributed by atoms with Crippen LogP contribution in [0, 0.1) is 0 Å². The summed E-state index contributed by atoms with van der Waals surface area (Å²) in [6.07, 6.45) is 1.56. The lowest BCUT2D eigenvalue weighted by molar-refractivity contribution is 1.05. The molecule has 5 heteroatoms. The summed E-state index contributed by atoms with van der Waals surface area (Å²) in [6, 6.07) is 9.73. The van der Waals surface area contributed by atoms with Gasteiger partial charge in [-0.2, -0.15) is 0 Å². The fourth-order valence-electron chi connectivity index (χ4n) is 1.52. The van der Waals surface area contributed by atoms with Gasteiger partial charge in [-0.25, -0.2) is 4.98 Å². The van der Waals surface area contributed by atoms with Crippen molar-refractivity contribution < 1.29 is 0 Å². The van der Waals surface area contributed by atoms with Crippen molar-refractivity contribution in [2.24, 2.45) is 5.73 Å². The number of aromatic nitrogens is 1. The molecule has 0 amide bonds. The Hall–Kier alpha value is -1.29. The molecule has 94 valence electrons. The van der Waals surface area contributed by atoms with Gasteiger partial charge in [0.05, 0.1) is 10.0 Å². The van der Waals surface area contributed by atoms with Crippen molar-refractivity contribution in [3.05, 3.63) is 57.7 Å². The van der Waals surface area contributed by atoms with Gasteiger partial charge < -0.3 is 11.1 Å². The Bertz CT molecular complexity index is 526. The Morgan fingerprint density at radius 1 is 1.11 bits per heavy atom. The van der Waals surface area contributed by atoms with Crippen LogP contribution in [0.25, 0.3) is 0 Å². The number of hydrogen-bond acceptors (Lipinski definition) is 3. The Morgan fingerprint density at radius 3 is 2.39 bits per heavy atom. The Labute approximate surface area is 116 Å². The van der Waals surface area contributed by atoms with Crippen molar-refractivity contribution in [1.82, 2.24) is 4.98 Å². The Balaban J connectivity index is 2.02. The minimum atomic E-state index is 0.515. The number of nitrogens with zero attached hydrogens (tertiary/aromatic N) is 1. The monoisotopic (exact) mass is 281 g/mol. The van der Waals surface area contributed by atoms with Crippen molar-refractivity contribution in [1.29, 1.82) is 0 Å². The van der Waals surface area contributed by atoms with Crippen LogP contribution in [0.1, 0.15) is 11.1 Å². The van der Waals surface area contributed by atoms with Crippen LogP contribution in [-0.2, 0) is 13.1 Å². The van der Waals surface area contributed by atoms with E-state index < -0.39 is 0 Å². The van der Waals surface area contributed by atoms with E-state index in [4.69, 9.17) is 28.9 Å². The summed E-state index contributed by atoms with van der Waals surface area (Å²) in [5.74, 6) is 0.629. The molecule has 0 saturated carbocycles. The van der Waals surface area contributed by atoms with E-state index in [0.717, 1.165) is 11.1 Å². The highest BCUT2D eigenvalue weighted by Crippen LogP contribution is 2.22. The molecule has 1 heterocycles. The standard InChI is InChI=1S/C13H13Cl2N3/c14-11-5-12(15)13(18-8-11)17-7-10-3-1-9(6-16)2-4-10/h1-5,8H,6-7,16H2,(H,17,18). The molecule has 0 radical (unpaired) electrons. The molecule has 3 N–H and O–H groups in total. The second-order valence-electron chi connectivity index (χ2n) is 3.86. The quantitative estimate of drug-likeness (QED) is 0.902. The number of hydrogen-bond donors (Lipinski definition) is 2. The van der Waals surface area contributed by atoms with Gasteiger partial charge in [0.15, 0.2) is 0 Å². The van der Waals surface area contributed by atoms with Crippen LogP contribution in [0.5, 0.6) is 0 Å². The van der Waals surface area contributed by atoms with Gasteiger partial charge in [-0.3, -0.25) is 0 Å². The number of nitrogens with one attached hydrogen (secondary N) is 1. The van der Waals surface area contributed by atoms with Crippen LogP contribution in [-0.4, -0.2) is 4.98 Å². The molecule has 0 bridgehead atoms. The molecule has 0 fully saturated rings. The first-order valence-corrected chi connectivity index (χ1v) is 6.27. The normalized spacial score (nSPS) is 10.4. The summed E-state index contributed by atoms with van der Waals surface area (Å²) in [5.41, 5.74) is 7.79. The molecular formula is C13H13Cl2N3. The lowest BCUT2D eigenvalue weighted by Gasteiger charge is -2.08. The van der Waals surface area contributed by atoms with Crippen LogP contribution < -0.4 is 11.1 Å². The highest BCUT2D eigenvalue weighted by atomic mass is 35.5. The third-order valence-electron chi connectivity index (χ3n) is 2.53. The van der Waals surface area contributed by atoms with Gasteiger partial charge >= 0.3 is 0 Å². The van der Waals surface area contributed by atoms with Gasteiger partial charge in [0.2, 0.25) is 0 Å². The SMILES string of the molecule is NCc1ccc(CNc2ncc(Cl)cc2Cl)cc1. The average Bonchev–Trinajstić information content (AvgIpc) is 2.38. The molecule has 0 unspecified atom stereocenters. The van der Waals surface area contributed by atoms with Crippen molar-refractivity contribution in [2.45, 2.75) is 13.1 Å². The van der Waals surface area contributed by atoms with Gasteiger partial charge in [0.25, 0.3) is 0 Å². The number of halogens is 2. The molecule has 2 rings (SSSR count). The predicted octanol–water partition coefficient (Wildman–Crippen LogP) is 3.46. The topological polar surface area (TPSA) is 50.9 Å². The highest BCUT2D eigenvalue weighted by Gasteiger charge is 2.02. The Kier molecular flexibility index (Phi) is 4.42. The molecule has 18 heavy (non-hydrogen) atoms. The fraction of sp³-hybridized carbons (Fsp3) is 0.154. The first kappa shape index (κ1) is 13.1. The van der Waals surface area contributed by atoms with Crippen LogP contribution in [0.4, 0.5) is 5.82 Å². The third-order valence-corrected chi connectivity index (χ3v) is 3.02. The van der Waals surface area contributed by atoms with E-state index >= 15 is 0 Å². The van der Waals surface area contributed by atoms with E-state index in [1.54, 1.807) is 12.3 Å². The molecule has 3 nitrogen and oxygen atoms in total. The molecule has 0 atom stereocenters. The summed E-state index contributed by atoms with van der Waals surface area (Å²) in [4.78, 5) is 4.13. The lowest BCUT2D eigenvalue weighted by atomic mass is 10.1. The van der Waals surface area contributed by atoms with Gasteiger partial charge in [-0.1, -0.05) is 47.5 Å². The number of anilines is 1. The molecule has 2 aromatic rings. The first-order valence-electron chi connectivity index (χ1n) is 5.52. The van der Waals surface area contributed by atoms with E-state index in [0.29, 0.717) is 29.0 Å². The zero-order valence-corrected chi connectivity index (χ0v) is 11.2. The minimum Gasteiger partial charge on any atom is -0.365 e. The molecular weight excluding hydrogens is 269 g/mol. The molecule has 1 aromatic carbocycles. The van der Waals surface area contributed by atoms with Gasteiger partial charge in [-0.15, -0.1) is 0 Å². The zero-order valence-electron chi connectivity index (χ0n) is 9.66. The maximum Gasteiger partial charge on any atom is 0.145 e. The second-order valence-corrected chi connectivity index (χ2v) is 4.70. The summed E-state index contributed by atoms with van der Waals surface area (Å²) in [5, 5.41) is 4.20. The largest absolute Gasteiger partial charge is 0.365 e. The number of rotatable bonds is 4.